The van der Waals surface area contributed by atoms with Crippen molar-refractivity contribution in [2.24, 2.45) is 0 Å². The minimum absolute atomic E-state index is 0.00866. The van der Waals surface area contributed by atoms with Gasteiger partial charge < -0.3 is 14.2 Å². The molecule has 1 aromatic carbocycles. The van der Waals surface area contributed by atoms with Crippen LogP contribution in [0.4, 0.5) is 0 Å². The van der Waals surface area contributed by atoms with Crippen LogP contribution in [0.2, 0.25) is 0 Å². The fourth-order valence-corrected chi connectivity index (χ4v) is 5.28. The van der Waals surface area contributed by atoms with Gasteiger partial charge >= 0.3 is 0 Å². The fourth-order valence-electron chi connectivity index (χ4n) is 3.48. The number of hydrogen-bond donors (Lipinski definition) is 0. The summed E-state index contributed by atoms with van der Waals surface area (Å²) in [5, 5.41) is 4.10. The molecule has 1 unspecified atom stereocenters. The highest BCUT2D eigenvalue weighted by molar-refractivity contribution is 9.10. The second kappa shape index (κ2) is 7.03. The zero-order chi connectivity index (χ0) is 17.4. The Morgan fingerprint density at radius 2 is 2.24 bits per heavy atom. The summed E-state index contributed by atoms with van der Waals surface area (Å²) in [6.07, 6.45) is 3.98. The lowest BCUT2D eigenvalue weighted by molar-refractivity contribution is 0.0749. The van der Waals surface area contributed by atoms with Gasteiger partial charge in [-0.05, 0) is 52.9 Å². The monoisotopic (exact) mass is 422 g/mol. The smallest absolute Gasteiger partial charge is 0.277 e. The van der Waals surface area contributed by atoms with E-state index in [0.717, 1.165) is 65.1 Å². The predicted octanol–water partition coefficient (Wildman–Crippen LogP) is 4.21. The second-order valence-corrected chi connectivity index (χ2v) is 8.30. The molecule has 1 amide bonds. The van der Waals surface area contributed by atoms with Crippen LogP contribution in [0, 0.1) is 0 Å². The quantitative estimate of drug-likeness (QED) is 0.740. The summed E-state index contributed by atoms with van der Waals surface area (Å²) >= 11 is 5.31. The molecule has 0 N–H and O–H groups in total. The average molecular weight is 423 g/mol. The number of ether oxygens (including phenoxy) is 1. The highest BCUT2D eigenvalue weighted by atomic mass is 79.9. The van der Waals surface area contributed by atoms with E-state index in [2.05, 4.69) is 21.1 Å². The van der Waals surface area contributed by atoms with E-state index in [1.807, 2.05) is 23.1 Å². The maximum atomic E-state index is 13.1. The summed E-state index contributed by atoms with van der Waals surface area (Å²) in [5.74, 6) is 2.58. The van der Waals surface area contributed by atoms with Crippen molar-refractivity contribution in [2.45, 2.75) is 31.1 Å². The molecule has 1 atom stereocenters. The number of benzene rings is 1. The number of aromatic nitrogens is 1. The van der Waals surface area contributed by atoms with Gasteiger partial charge in [0.15, 0.2) is 5.69 Å². The van der Waals surface area contributed by atoms with Crippen LogP contribution < -0.4 is 4.74 Å². The van der Waals surface area contributed by atoms with Gasteiger partial charge in [0.25, 0.3) is 5.91 Å². The molecule has 0 spiro atoms. The third-order valence-corrected chi connectivity index (χ3v) is 6.65. The first-order valence-corrected chi connectivity index (χ1v) is 10.3. The van der Waals surface area contributed by atoms with Gasteiger partial charge in [0.2, 0.25) is 0 Å². The Morgan fingerprint density at radius 3 is 3.04 bits per heavy atom. The van der Waals surface area contributed by atoms with E-state index in [1.54, 1.807) is 18.9 Å². The average Bonchev–Trinajstić information content (AvgIpc) is 3.28. The van der Waals surface area contributed by atoms with Crippen molar-refractivity contribution < 1.29 is 14.1 Å². The summed E-state index contributed by atoms with van der Waals surface area (Å²) in [4.78, 5) is 15.0. The number of carbonyl (C=O) groups excluding carboxylic acids is 1. The molecule has 1 fully saturated rings. The van der Waals surface area contributed by atoms with E-state index in [-0.39, 0.29) is 11.3 Å². The number of fused-ring (bicyclic) bond motifs is 1. The molecule has 0 saturated carbocycles. The zero-order valence-corrected chi connectivity index (χ0v) is 16.4. The standard InChI is InChI=1S/C18H19BrN2O3S/c1-23-15-7-6-11(10-13(15)19)18-21(8-9-25-18)17(22)16-12-4-2-3-5-14(12)24-20-16/h6-7,10,18H,2-5,8-9H2,1H3. The molecule has 1 aromatic heterocycles. The van der Waals surface area contributed by atoms with Crippen LogP contribution >= 0.6 is 27.7 Å². The van der Waals surface area contributed by atoms with E-state index in [9.17, 15) is 4.79 Å². The molecule has 7 heteroatoms. The van der Waals surface area contributed by atoms with Gasteiger partial charge in [-0.2, -0.15) is 0 Å². The van der Waals surface area contributed by atoms with Crippen LogP contribution in [-0.4, -0.2) is 35.4 Å². The number of hydrogen-bond acceptors (Lipinski definition) is 5. The molecule has 1 aliphatic carbocycles. The largest absolute Gasteiger partial charge is 0.496 e. The van der Waals surface area contributed by atoms with Crippen molar-refractivity contribution in [3.8, 4) is 5.75 Å². The van der Waals surface area contributed by atoms with Gasteiger partial charge in [-0.25, -0.2) is 0 Å². The van der Waals surface area contributed by atoms with E-state index < -0.39 is 0 Å². The maximum Gasteiger partial charge on any atom is 0.277 e. The van der Waals surface area contributed by atoms with E-state index >= 15 is 0 Å². The van der Waals surface area contributed by atoms with Crippen LogP contribution in [-0.2, 0) is 12.8 Å². The van der Waals surface area contributed by atoms with Gasteiger partial charge in [-0.15, -0.1) is 11.8 Å². The summed E-state index contributed by atoms with van der Waals surface area (Å²) in [6, 6.07) is 5.98. The molecule has 25 heavy (non-hydrogen) atoms. The Morgan fingerprint density at radius 1 is 1.40 bits per heavy atom. The molecule has 0 bridgehead atoms. The Hall–Kier alpha value is -1.47. The Kier molecular flexibility index (Phi) is 4.78. The molecular weight excluding hydrogens is 404 g/mol. The number of methoxy groups -OCH3 is 1. The van der Waals surface area contributed by atoms with E-state index in [4.69, 9.17) is 9.26 Å². The lowest BCUT2D eigenvalue weighted by Gasteiger charge is -2.24. The predicted molar refractivity (Wildman–Crippen MR) is 100 cm³/mol. The first kappa shape index (κ1) is 17.0. The minimum atomic E-state index is -0.0196. The number of aryl methyl sites for hydroxylation is 1. The van der Waals surface area contributed by atoms with Gasteiger partial charge in [-0.1, -0.05) is 11.2 Å². The van der Waals surface area contributed by atoms with Crippen LogP contribution in [0.5, 0.6) is 5.75 Å². The van der Waals surface area contributed by atoms with Crippen molar-refractivity contribution >= 4 is 33.6 Å². The lowest BCUT2D eigenvalue weighted by atomic mass is 9.96. The molecule has 2 heterocycles. The summed E-state index contributed by atoms with van der Waals surface area (Å²) in [7, 11) is 1.65. The minimum Gasteiger partial charge on any atom is -0.496 e. The van der Waals surface area contributed by atoms with Crippen LogP contribution in [0.15, 0.2) is 27.2 Å². The fraction of sp³-hybridized carbons (Fsp3) is 0.444. The highest BCUT2D eigenvalue weighted by Crippen LogP contribution is 2.41. The van der Waals surface area contributed by atoms with E-state index in [0.29, 0.717) is 5.69 Å². The van der Waals surface area contributed by atoms with Crippen LogP contribution in [0.1, 0.15) is 45.6 Å². The highest BCUT2D eigenvalue weighted by Gasteiger charge is 2.35. The SMILES string of the molecule is COc1ccc(C2SCCN2C(=O)c2noc3c2CCCC3)cc1Br. The molecule has 0 radical (unpaired) electrons. The van der Waals surface area contributed by atoms with Gasteiger partial charge in [0.1, 0.15) is 16.9 Å². The number of nitrogens with zero attached hydrogens (tertiary/aromatic N) is 2. The lowest BCUT2D eigenvalue weighted by Crippen LogP contribution is -2.31. The van der Waals surface area contributed by atoms with Crippen LogP contribution in [0.25, 0.3) is 0 Å². The molecule has 1 aliphatic heterocycles. The number of carbonyl (C=O) groups is 1. The topological polar surface area (TPSA) is 55.6 Å². The second-order valence-electron chi connectivity index (χ2n) is 6.26. The molecule has 132 valence electrons. The molecule has 2 aromatic rings. The van der Waals surface area contributed by atoms with Crippen molar-refractivity contribution in [1.82, 2.24) is 10.1 Å². The number of thioether (sulfide) groups is 1. The van der Waals surface area contributed by atoms with Crippen LogP contribution in [0.3, 0.4) is 0 Å². The Bertz CT molecular complexity index is 808. The van der Waals surface area contributed by atoms with Crippen molar-refractivity contribution in [2.75, 3.05) is 19.4 Å². The van der Waals surface area contributed by atoms with E-state index in [1.165, 1.54) is 0 Å². The molecule has 4 rings (SSSR count). The summed E-state index contributed by atoms with van der Waals surface area (Å²) in [6.45, 7) is 0.722. The van der Waals surface area contributed by atoms with Gasteiger partial charge in [-0.3, -0.25) is 4.79 Å². The third kappa shape index (κ3) is 3.08. The first-order chi connectivity index (χ1) is 12.2. The number of amides is 1. The summed E-state index contributed by atoms with van der Waals surface area (Å²) in [5.41, 5.74) is 2.61. The van der Waals surface area contributed by atoms with Gasteiger partial charge in [0.05, 0.1) is 11.6 Å². The Labute approximate surface area is 159 Å². The maximum absolute atomic E-state index is 13.1. The zero-order valence-electron chi connectivity index (χ0n) is 14.0. The van der Waals surface area contributed by atoms with Gasteiger partial charge in [0, 0.05) is 24.3 Å². The van der Waals surface area contributed by atoms with Crippen molar-refractivity contribution in [3.05, 3.63) is 45.3 Å². The number of halogens is 1. The van der Waals surface area contributed by atoms with Crippen molar-refractivity contribution in [3.63, 3.8) is 0 Å². The third-order valence-electron chi connectivity index (χ3n) is 4.77. The molecule has 5 nitrogen and oxygen atoms in total. The normalized spacial score (nSPS) is 19.8. The molecule has 2 aliphatic rings. The summed E-state index contributed by atoms with van der Waals surface area (Å²) < 4.78 is 11.6. The van der Waals surface area contributed by atoms with Crippen molar-refractivity contribution in [1.29, 1.82) is 0 Å². The number of rotatable bonds is 3. The first-order valence-electron chi connectivity index (χ1n) is 8.42. The molecule has 1 saturated heterocycles. The molecular formula is C18H19BrN2O3S. The Balaban J connectivity index is 1.62.